The summed E-state index contributed by atoms with van der Waals surface area (Å²) in [6.45, 7) is 2.89. The van der Waals surface area contributed by atoms with Gasteiger partial charge < -0.3 is 5.32 Å². The summed E-state index contributed by atoms with van der Waals surface area (Å²) in [6.07, 6.45) is 3.78. The standard InChI is InChI=1S/C17H19BrN4OS/c1-2-5-14-11-15(23)22-17(20-14)24-16(21-22)19-9-4-7-12-6-3-8-13(18)10-12/h3,6,8,10-11H,2,4-5,7,9H2,1H3,(H,19,21). The number of aromatic nitrogens is 3. The lowest BCUT2D eigenvalue weighted by atomic mass is 10.1. The van der Waals surface area contributed by atoms with Crippen LogP contribution in [0.1, 0.15) is 31.0 Å². The van der Waals surface area contributed by atoms with Crippen molar-refractivity contribution in [3.05, 3.63) is 56.4 Å². The fraction of sp³-hybridized carbons (Fsp3) is 0.353. The highest BCUT2D eigenvalue weighted by atomic mass is 79.9. The molecule has 1 N–H and O–H groups in total. The van der Waals surface area contributed by atoms with Gasteiger partial charge in [-0.15, -0.1) is 5.10 Å². The van der Waals surface area contributed by atoms with Crippen molar-refractivity contribution >= 4 is 37.4 Å². The van der Waals surface area contributed by atoms with E-state index in [0.29, 0.717) is 4.96 Å². The van der Waals surface area contributed by atoms with Crippen LogP contribution in [0.3, 0.4) is 0 Å². The van der Waals surface area contributed by atoms with Crippen molar-refractivity contribution in [3.63, 3.8) is 0 Å². The summed E-state index contributed by atoms with van der Waals surface area (Å²) in [7, 11) is 0. The van der Waals surface area contributed by atoms with Crippen molar-refractivity contribution in [2.24, 2.45) is 0 Å². The van der Waals surface area contributed by atoms with E-state index in [1.165, 1.54) is 21.4 Å². The Morgan fingerprint density at radius 3 is 2.96 bits per heavy atom. The lowest BCUT2D eigenvalue weighted by molar-refractivity contribution is 0.830. The van der Waals surface area contributed by atoms with E-state index in [1.807, 2.05) is 12.1 Å². The summed E-state index contributed by atoms with van der Waals surface area (Å²) in [5, 5.41) is 8.35. The van der Waals surface area contributed by atoms with Crippen LogP contribution in [0.2, 0.25) is 0 Å². The van der Waals surface area contributed by atoms with Crippen molar-refractivity contribution in [2.45, 2.75) is 32.6 Å². The number of rotatable bonds is 7. The first-order valence-electron chi connectivity index (χ1n) is 8.04. The first kappa shape index (κ1) is 17.1. The maximum absolute atomic E-state index is 12.1. The van der Waals surface area contributed by atoms with Crippen LogP contribution in [0, 0.1) is 0 Å². The minimum Gasteiger partial charge on any atom is -0.360 e. The molecule has 0 aliphatic carbocycles. The predicted molar refractivity (Wildman–Crippen MR) is 102 cm³/mol. The summed E-state index contributed by atoms with van der Waals surface area (Å²) < 4.78 is 2.48. The number of hydrogen-bond acceptors (Lipinski definition) is 5. The molecule has 0 aliphatic heterocycles. The van der Waals surface area contributed by atoms with Gasteiger partial charge in [-0.3, -0.25) is 4.79 Å². The molecule has 2 aromatic heterocycles. The van der Waals surface area contributed by atoms with Gasteiger partial charge in [0, 0.05) is 22.8 Å². The fourth-order valence-corrected chi connectivity index (χ4v) is 3.79. The SMILES string of the molecule is CCCc1cc(=O)n2nc(NCCCc3cccc(Br)c3)sc2n1. The summed E-state index contributed by atoms with van der Waals surface area (Å²) in [4.78, 5) is 17.2. The van der Waals surface area contributed by atoms with Crippen molar-refractivity contribution in [1.82, 2.24) is 14.6 Å². The largest absolute Gasteiger partial charge is 0.360 e. The van der Waals surface area contributed by atoms with Crippen molar-refractivity contribution in [1.29, 1.82) is 0 Å². The predicted octanol–water partition coefficient (Wildman–Crippen LogP) is 3.91. The van der Waals surface area contributed by atoms with E-state index < -0.39 is 0 Å². The lowest BCUT2D eigenvalue weighted by Crippen LogP contribution is -2.15. The Morgan fingerprint density at radius 2 is 2.17 bits per heavy atom. The first-order valence-corrected chi connectivity index (χ1v) is 9.65. The number of fused-ring (bicyclic) bond motifs is 1. The average molecular weight is 407 g/mol. The number of hydrogen-bond donors (Lipinski definition) is 1. The Balaban J connectivity index is 1.61. The molecular formula is C17H19BrN4OS. The third-order valence-corrected chi connectivity index (χ3v) is 4.97. The molecule has 0 fully saturated rings. The molecule has 0 atom stereocenters. The smallest absolute Gasteiger partial charge is 0.275 e. The third-order valence-electron chi connectivity index (χ3n) is 3.61. The molecule has 0 saturated heterocycles. The Bertz CT molecular complexity index is 890. The van der Waals surface area contributed by atoms with E-state index in [0.717, 1.165) is 47.5 Å². The number of benzene rings is 1. The Hall–Kier alpha value is -1.73. The number of halogens is 1. The zero-order valence-corrected chi connectivity index (χ0v) is 15.9. The summed E-state index contributed by atoms with van der Waals surface area (Å²) >= 11 is 4.91. The highest BCUT2D eigenvalue weighted by Gasteiger charge is 2.08. The van der Waals surface area contributed by atoms with E-state index >= 15 is 0 Å². The van der Waals surface area contributed by atoms with Gasteiger partial charge >= 0.3 is 0 Å². The van der Waals surface area contributed by atoms with Crippen LogP contribution in [-0.2, 0) is 12.8 Å². The summed E-state index contributed by atoms with van der Waals surface area (Å²) in [6, 6.07) is 9.91. The fourth-order valence-electron chi connectivity index (χ4n) is 2.49. The molecule has 7 heteroatoms. The normalized spacial score (nSPS) is 11.1. The molecule has 24 heavy (non-hydrogen) atoms. The maximum atomic E-state index is 12.1. The van der Waals surface area contributed by atoms with E-state index in [9.17, 15) is 4.79 Å². The Labute approximate surface area is 152 Å². The van der Waals surface area contributed by atoms with Gasteiger partial charge in [-0.25, -0.2) is 4.98 Å². The molecule has 1 aromatic carbocycles. The van der Waals surface area contributed by atoms with Crippen molar-refractivity contribution < 1.29 is 0 Å². The minimum absolute atomic E-state index is 0.109. The van der Waals surface area contributed by atoms with Gasteiger partial charge in [0.25, 0.3) is 5.56 Å². The first-order chi connectivity index (χ1) is 11.7. The van der Waals surface area contributed by atoms with Gasteiger partial charge in [0.15, 0.2) is 0 Å². The highest BCUT2D eigenvalue weighted by molar-refractivity contribution is 9.10. The van der Waals surface area contributed by atoms with Gasteiger partial charge in [0.2, 0.25) is 10.1 Å². The van der Waals surface area contributed by atoms with Crippen LogP contribution in [0.4, 0.5) is 5.13 Å². The van der Waals surface area contributed by atoms with Crippen LogP contribution in [-0.4, -0.2) is 21.1 Å². The molecule has 0 unspecified atom stereocenters. The van der Waals surface area contributed by atoms with E-state index in [-0.39, 0.29) is 5.56 Å². The number of nitrogens with zero attached hydrogens (tertiary/aromatic N) is 3. The summed E-state index contributed by atoms with van der Waals surface area (Å²) in [5.74, 6) is 0. The van der Waals surface area contributed by atoms with Gasteiger partial charge in [-0.05, 0) is 37.0 Å². The van der Waals surface area contributed by atoms with Crippen LogP contribution >= 0.6 is 27.3 Å². The van der Waals surface area contributed by atoms with Gasteiger partial charge in [-0.2, -0.15) is 4.52 Å². The second kappa shape index (κ2) is 7.90. The van der Waals surface area contributed by atoms with Crippen molar-refractivity contribution in [2.75, 3.05) is 11.9 Å². The summed E-state index contributed by atoms with van der Waals surface area (Å²) in [5.41, 5.74) is 2.03. The van der Waals surface area contributed by atoms with Gasteiger partial charge in [-0.1, -0.05) is 52.7 Å². The molecule has 5 nitrogen and oxygen atoms in total. The number of aryl methyl sites for hydroxylation is 2. The molecule has 3 rings (SSSR count). The molecule has 0 aliphatic rings. The number of nitrogens with one attached hydrogen (secondary N) is 1. The van der Waals surface area contributed by atoms with Crippen LogP contribution in [0.25, 0.3) is 4.96 Å². The zero-order chi connectivity index (χ0) is 16.9. The van der Waals surface area contributed by atoms with Crippen LogP contribution < -0.4 is 10.9 Å². The lowest BCUT2D eigenvalue weighted by Gasteiger charge is -2.03. The Kier molecular flexibility index (Phi) is 5.63. The molecule has 0 saturated carbocycles. The zero-order valence-electron chi connectivity index (χ0n) is 13.5. The second-order valence-corrected chi connectivity index (χ2v) is 7.47. The number of anilines is 1. The Morgan fingerprint density at radius 1 is 1.29 bits per heavy atom. The second-order valence-electron chi connectivity index (χ2n) is 5.60. The molecular weight excluding hydrogens is 388 g/mol. The quantitative estimate of drug-likeness (QED) is 0.604. The van der Waals surface area contributed by atoms with E-state index in [4.69, 9.17) is 0 Å². The highest BCUT2D eigenvalue weighted by Crippen LogP contribution is 2.17. The van der Waals surface area contributed by atoms with Gasteiger partial charge in [0.1, 0.15) is 0 Å². The molecule has 0 spiro atoms. The van der Waals surface area contributed by atoms with Gasteiger partial charge in [0.05, 0.1) is 0 Å². The molecule has 3 aromatic rings. The van der Waals surface area contributed by atoms with Crippen molar-refractivity contribution in [3.8, 4) is 0 Å². The molecule has 0 bridgehead atoms. The van der Waals surface area contributed by atoms with Crippen LogP contribution in [0.5, 0.6) is 0 Å². The molecule has 0 radical (unpaired) electrons. The third kappa shape index (κ3) is 4.21. The van der Waals surface area contributed by atoms with E-state index in [1.54, 1.807) is 6.07 Å². The monoisotopic (exact) mass is 406 g/mol. The average Bonchev–Trinajstić information content (AvgIpc) is 2.96. The molecule has 2 heterocycles. The van der Waals surface area contributed by atoms with E-state index in [2.05, 4.69) is 50.4 Å². The molecule has 0 amide bonds. The molecule has 126 valence electrons. The van der Waals surface area contributed by atoms with Crippen LogP contribution in [0.15, 0.2) is 39.6 Å². The minimum atomic E-state index is -0.109. The maximum Gasteiger partial charge on any atom is 0.275 e. The topological polar surface area (TPSA) is 59.3 Å².